The lowest BCUT2D eigenvalue weighted by Crippen LogP contribution is -2.40. The molecule has 1 aromatic carbocycles. The molecule has 2 aromatic rings. The Bertz CT molecular complexity index is 818. The number of nitrogens with zero attached hydrogens (tertiary/aromatic N) is 5. The molecule has 0 fully saturated rings. The molecule has 0 saturated carbocycles. The zero-order valence-electron chi connectivity index (χ0n) is 17.5. The quantitative estimate of drug-likeness (QED) is 0.140. The summed E-state index contributed by atoms with van der Waals surface area (Å²) in [6, 6.07) is 6.38. The Labute approximate surface area is 188 Å². The molecule has 0 aliphatic rings. The normalized spacial score (nSPS) is 11.2. The highest BCUT2D eigenvalue weighted by Crippen LogP contribution is 2.18. The Balaban J connectivity index is 0.00000420. The Hall–Kier alpha value is -2.37. The van der Waals surface area contributed by atoms with Gasteiger partial charge < -0.3 is 15.5 Å². The largest absolute Gasteiger partial charge is 0.383 e. The topological polar surface area (TPSA) is 101 Å². The Morgan fingerprint density at radius 1 is 1.31 bits per heavy atom. The number of guanidine groups is 1. The van der Waals surface area contributed by atoms with Crippen LogP contribution >= 0.6 is 24.0 Å². The zero-order chi connectivity index (χ0) is 20.7. The molecule has 0 atom stereocenters. The minimum absolute atomic E-state index is 0. The number of anilines is 1. The van der Waals surface area contributed by atoms with Crippen molar-refractivity contribution in [3.8, 4) is 0 Å². The van der Waals surface area contributed by atoms with E-state index in [4.69, 9.17) is 0 Å². The van der Waals surface area contributed by atoms with Gasteiger partial charge in [-0.2, -0.15) is 5.10 Å². The Kier molecular flexibility index (Phi) is 9.86. The number of halogens is 1. The third kappa shape index (κ3) is 7.18. The molecule has 1 heterocycles. The minimum Gasteiger partial charge on any atom is -0.383 e. The van der Waals surface area contributed by atoms with Gasteiger partial charge >= 0.3 is 0 Å². The van der Waals surface area contributed by atoms with E-state index < -0.39 is 4.92 Å². The monoisotopic (exact) mass is 515 g/mol. The highest BCUT2D eigenvalue weighted by molar-refractivity contribution is 14.0. The highest BCUT2D eigenvalue weighted by atomic mass is 127. The number of aromatic nitrogens is 2. The van der Waals surface area contributed by atoms with Gasteiger partial charge in [0.2, 0.25) is 0 Å². The number of non-ortho nitro benzene ring substituents is 1. The molecule has 0 amide bonds. The molecule has 0 unspecified atom stereocenters. The van der Waals surface area contributed by atoms with Crippen LogP contribution in [0, 0.1) is 10.1 Å². The van der Waals surface area contributed by atoms with E-state index in [0.29, 0.717) is 19.0 Å². The van der Waals surface area contributed by atoms with Gasteiger partial charge in [-0.05, 0) is 18.1 Å². The second-order valence-electron chi connectivity index (χ2n) is 6.93. The number of aryl methyl sites for hydroxylation is 1. The van der Waals surface area contributed by atoms with Gasteiger partial charge in [0.15, 0.2) is 5.96 Å². The summed E-state index contributed by atoms with van der Waals surface area (Å²) < 4.78 is 1.85. The lowest BCUT2D eigenvalue weighted by Gasteiger charge is -2.22. The van der Waals surface area contributed by atoms with E-state index in [1.165, 1.54) is 17.7 Å². The van der Waals surface area contributed by atoms with Crippen LogP contribution in [0.1, 0.15) is 31.0 Å². The van der Waals surface area contributed by atoms with E-state index in [-0.39, 0.29) is 29.7 Å². The minimum atomic E-state index is -0.405. The molecule has 2 N–H and O–H groups in total. The van der Waals surface area contributed by atoms with Gasteiger partial charge in [0, 0.05) is 70.4 Å². The van der Waals surface area contributed by atoms with Gasteiger partial charge in [0.1, 0.15) is 0 Å². The molecular formula is C19H30IN7O2. The third-order valence-electron chi connectivity index (χ3n) is 4.28. The van der Waals surface area contributed by atoms with E-state index in [9.17, 15) is 10.1 Å². The van der Waals surface area contributed by atoms with Gasteiger partial charge in [-0.15, -0.1) is 24.0 Å². The lowest BCUT2D eigenvalue weighted by molar-refractivity contribution is -0.384. The van der Waals surface area contributed by atoms with Crippen LogP contribution in [0.3, 0.4) is 0 Å². The summed E-state index contributed by atoms with van der Waals surface area (Å²) in [5, 5.41) is 21.8. The number of hydrogen-bond acceptors (Lipinski definition) is 5. The van der Waals surface area contributed by atoms with Crippen molar-refractivity contribution in [2.24, 2.45) is 12.0 Å². The molecule has 1 aromatic heterocycles. The van der Waals surface area contributed by atoms with Crippen LogP contribution in [-0.4, -0.2) is 52.7 Å². The number of rotatable bonds is 8. The summed E-state index contributed by atoms with van der Waals surface area (Å²) >= 11 is 0. The van der Waals surface area contributed by atoms with Crippen LogP contribution in [-0.2, 0) is 13.6 Å². The summed E-state index contributed by atoms with van der Waals surface area (Å²) in [6.07, 6.45) is 2.05. The van der Waals surface area contributed by atoms with Crippen molar-refractivity contribution < 1.29 is 4.92 Å². The zero-order valence-corrected chi connectivity index (χ0v) is 19.9. The van der Waals surface area contributed by atoms with Crippen molar-refractivity contribution in [2.75, 3.05) is 32.5 Å². The van der Waals surface area contributed by atoms with E-state index >= 15 is 0 Å². The van der Waals surface area contributed by atoms with E-state index in [0.717, 1.165) is 23.9 Å². The van der Waals surface area contributed by atoms with Gasteiger partial charge in [-0.1, -0.05) is 13.8 Å². The average Bonchev–Trinajstić information content (AvgIpc) is 3.02. The fourth-order valence-corrected chi connectivity index (χ4v) is 2.96. The lowest BCUT2D eigenvalue weighted by atomic mass is 10.1. The van der Waals surface area contributed by atoms with Crippen molar-refractivity contribution in [3.63, 3.8) is 0 Å². The van der Waals surface area contributed by atoms with Gasteiger partial charge in [-0.25, -0.2) is 0 Å². The third-order valence-corrected chi connectivity index (χ3v) is 4.28. The Morgan fingerprint density at radius 3 is 2.52 bits per heavy atom. The number of aliphatic imine (C=N–C) groups is 1. The van der Waals surface area contributed by atoms with Crippen LogP contribution in [0.25, 0.3) is 0 Å². The SMILES string of the molecule is CN=C(NCCNc1ccc([N+](=O)[O-])cc1)N(C)Cc1cn(C)nc1C(C)C.I. The van der Waals surface area contributed by atoms with Crippen molar-refractivity contribution in [1.29, 1.82) is 0 Å². The molecule has 0 radical (unpaired) electrons. The number of benzene rings is 1. The average molecular weight is 515 g/mol. The molecule has 0 spiro atoms. The van der Waals surface area contributed by atoms with E-state index in [1.54, 1.807) is 19.2 Å². The maximum Gasteiger partial charge on any atom is 0.269 e. The number of nitrogens with one attached hydrogen (secondary N) is 2. The fraction of sp³-hybridized carbons (Fsp3) is 0.474. The summed E-state index contributed by atoms with van der Waals surface area (Å²) in [4.78, 5) is 16.7. The first-order valence-corrected chi connectivity index (χ1v) is 9.24. The Morgan fingerprint density at radius 2 is 1.97 bits per heavy atom. The first kappa shape index (κ1) is 24.7. The summed E-state index contributed by atoms with van der Waals surface area (Å²) in [7, 11) is 5.69. The predicted molar refractivity (Wildman–Crippen MR) is 127 cm³/mol. The number of nitro benzene ring substituents is 1. The molecule has 0 saturated heterocycles. The molecule has 0 aliphatic carbocycles. The van der Waals surface area contributed by atoms with Crippen LogP contribution < -0.4 is 10.6 Å². The van der Waals surface area contributed by atoms with Crippen molar-refractivity contribution in [1.82, 2.24) is 20.0 Å². The fourth-order valence-electron chi connectivity index (χ4n) is 2.96. The van der Waals surface area contributed by atoms with Crippen LogP contribution in [0.5, 0.6) is 0 Å². The summed E-state index contributed by atoms with van der Waals surface area (Å²) in [5.74, 6) is 1.16. The molecule has 0 aliphatic heterocycles. The molecular weight excluding hydrogens is 485 g/mol. The smallest absolute Gasteiger partial charge is 0.269 e. The first-order valence-electron chi connectivity index (χ1n) is 9.24. The molecule has 0 bridgehead atoms. The van der Waals surface area contributed by atoms with Crippen LogP contribution in [0.4, 0.5) is 11.4 Å². The molecule has 29 heavy (non-hydrogen) atoms. The second-order valence-corrected chi connectivity index (χ2v) is 6.93. The van der Waals surface area contributed by atoms with Crippen molar-refractivity contribution >= 4 is 41.3 Å². The predicted octanol–water partition coefficient (Wildman–Crippen LogP) is 3.19. The molecule has 10 heteroatoms. The second kappa shape index (κ2) is 11.6. The maximum atomic E-state index is 10.7. The highest BCUT2D eigenvalue weighted by Gasteiger charge is 2.15. The number of hydrogen-bond donors (Lipinski definition) is 2. The van der Waals surface area contributed by atoms with E-state index in [1.807, 2.05) is 18.8 Å². The van der Waals surface area contributed by atoms with E-state index in [2.05, 4.69) is 45.7 Å². The van der Waals surface area contributed by atoms with Gasteiger partial charge in [0.05, 0.1) is 10.6 Å². The number of nitro groups is 1. The van der Waals surface area contributed by atoms with Crippen molar-refractivity contribution in [3.05, 3.63) is 51.8 Å². The summed E-state index contributed by atoms with van der Waals surface area (Å²) in [5.41, 5.74) is 3.21. The van der Waals surface area contributed by atoms with Gasteiger partial charge in [-0.3, -0.25) is 19.8 Å². The van der Waals surface area contributed by atoms with Crippen LogP contribution in [0.2, 0.25) is 0 Å². The van der Waals surface area contributed by atoms with Crippen molar-refractivity contribution in [2.45, 2.75) is 26.3 Å². The van der Waals surface area contributed by atoms with Crippen LogP contribution in [0.15, 0.2) is 35.5 Å². The molecule has 9 nitrogen and oxygen atoms in total. The van der Waals surface area contributed by atoms with Gasteiger partial charge in [0.25, 0.3) is 5.69 Å². The molecule has 160 valence electrons. The summed E-state index contributed by atoms with van der Waals surface area (Å²) in [6.45, 7) is 6.33. The standard InChI is InChI=1S/C19H29N7O2.HI/c1-14(2)18-15(13-25(5)23-18)12-24(4)19(20-3)22-11-10-21-16-6-8-17(9-7-16)26(27)28;/h6-9,13-14,21H,10-12H2,1-5H3,(H,20,22);1H. The maximum absolute atomic E-state index is 10.7. The first-order chi connectivity index (χ1) is 13.3. The molecule has 2 rings (SSSR count).